The van der Waals surface area contributed by atoms with Crippen LogP contribution in [0.2, 0.25) is 0 Å². The third-order valence-corrected chi connectivity index (χ3v) is 5.58. The number of morpholine rings is 1. The van der Waals surface area contributed by atoms with Crippen LogP contribution in [0.3, 0.4) is 0 Å². The van der Waals surface area contributed by atoms with Crippen LogP contribution in [-0.2, 0) is 4.74 Å². The van der Waals surface area contributed by atoms with Crippen molar-refractivity contribution < 1.29 is 4.74 Å². The van der Waals surface area contributed by atoms with E-state index in [0.29, 0.717) is 5.82 Å². The van der Waals surface area contributed by atoms with Gasteiger partial charge in [-0.15, -0.1) is 0 Å². The lowest BCUT2D eigenvalue weighted by Gasteiger charge is -2.31. The number of ether oxygens (including phenoxy) is 1. The van der Waals surface area contributed by atoms with Crippen LogP contribution in [0.4, 0.5) is 5.82 Å². The lowest BCUT2D eigenvalue weighted by atomic mass is 10.1. The van der Waals surface area contributed by atoms with Crippen LogP contribution < -0.4 is 5.32 Å². The van der Waals surface area contributed by atoms with Gasteiger partial charge in [0.2, 0.25) is 0 Å². The standard InChI is InChI=1S/C25H25N5O/c1-2-7-19(8-3-1)23(18-30-13-15-31-16-14-30)28-25-21-10-4-5-11-22(21)27-24(29-25)20-9-6-12-26-17-20/h1-12,17,23H,13-16,18H2,(H,27,28,29)/t23-/m0/s1. The molecule has 6 nitrogen and oxygen atoms in total. The Hall–Kier alpha value is -3.35. The maximum absolute atomic E-state index is 5.54. The van der Waals surface area contributed by atoms with Crippen molar-refractivity contribution in [1.82, 2.24) is 19.9 Å². The molecule has 5 rings (SSSR count). The number of nitrogens with one attached hydrogen (secondary N) is 1. The zero-order chi connectivity index (χ0) is 20.9. The van der Waals surface area contributed by atoms with Crippen molar-refractivity contribution in [3.8, 4) is 11.4 Å². The SMILES string of the molecule is c1ccc([C@H](CN2CCOCC2)Nc2nc(-c3cccnc3)nc3ccccc23)cc1. The molecule has 4 aromatic rings. The van der Waals surface area contributed by atoms with Gasteiger partial charge in [0.25, 0.3) is 0 Å². The molecule has 0 aliphatic carbocycles. The molecule has 0 amide bonds. The Morgan fingerprint density at radius 1 is 0.903 bits per heavy atom. The Bertz CT molecular complexity index is 1130. The number of rotatable bonds is 6. The van der Waals surface area contributed by atoms with E-state index in [-0.39, 0.29) is 6.04 Å². The summed E-state index contributed by atoms with van der Waals surface area (Å²) in [6.07, 6.45) is 3.56. The van der Waals surface area contributed by atoms with E-state index in [4.69, 9.17) is 14.7 Å². The van der Waals surface area contributed by atoms with Gasteiger partial charge in [-0.1, -0.05) is 42.5 Å². The van der Waals surface area contributed by atoms with E-state index in [0.717, 1.165) is 55.1 Å². The molecule has 0 spiro atoms. The summed E-state index contributed by atoms with van der Waals surface area (Å²) >= 11 is 0. The van der Waals surface area contributed by atoms with Crippen LogP contribution in [0.5, 0.6) is 0 Å². The largest absolute Gasteiger partial charge is 0.379 e. The van der Waals surface area contributed by atoms with Gasteiger partial charge in [-0.05, 0) is 29.8 Å². The molecule has 1 fully saturated rings. The second kappa shape index (κ2) is 9.20. The molecule has 1 aliphatic heterocycles. The monoisotopic (exact) mass is 411 g/mol. The van der Waals surface area contributed by atoms with Crippen LogP contribution in [0, 0.1) is 0 Å². The minimum Gasteiger partial charge on any atom is -0.379 e. The molecule has 1 aliphatic rings. The molecule has 3 heterocycles. The van der Waals surface area contributed by atoms with E-state index < -0.39 is 0 Å². The highest BCUT2D eigenvalue weighted by Gasteiger charge is 2.20. The summed E-state index contributed by atoms with van der Waals surface area (Å²) < 4.78 is 5.54. The summed E-state index contributed by atoms with van der Waals surface area (Å²) in [5, 5.41) is 4.75. The smallest absolute Gasteiger partial charge is 0.163 e. The number of pyridine rings is 1. The zero-order valence-electron chi connectivity index (χ0n) is 17.3. The number of fused-ring (bicyclic) bond motifs is 1. The maximum Gasteiger partial charge on any atom is 0.163 e. The fraction of sp³-hybridized carbons (Fsp3) is 0.240. The van der Waals surface area contributed by atoms with Gasteiger partial charge < -0.3 is 10.1 Å². The Balaban J connectivity index is 1.54. The Morgan fingerprint density at radius 2 is 1.71 bits per heavy atom. The maximum atomic E-state index is 5.54. The molecule has 1 atom stereocenters. The molecule has 6 heteroatoms. The molecule has 0 bridgehead atoms. The van der Waals surface area contributed by atoms with Crippen LogP contribution in [0.15, 0.2) is 79.1 Å². The molecule has 0 radical (unpaired) electrons. The van der Waals surface area contributed by atoms with Crippen molar-refractivity contribution >= 4 is 16.7 Å². The van der Waals surface area contributed by atoms with Gasteiger partial charge in [-0.2, -0.15) is 0 Å². The molecule has 1 saturated heterocycles. The summed E-state index contributed by atoms with van der Waals surface area (Å²) in [4.78, 5) is 16.4. The zero-order valence-corrected chi connectivity index (χ0v) is 17.3. The average Bonchev–Trinajstić information content (AvgIpc) is 2.85. The Morgan fingerprint density at radius 3 is 2.52 bits per heavy atom. The van der Waals surface area contributed by atoms with E-state index >= 15 is 0 Å². The minimum absolute atomic E-state index is 0.0966. The molecule has 0 saturated carbocycles. The normalized spacial score (nSPS) is 15.6. The number of hydrogen-bond acceptors (Lipinski definition) is 6. The molecular weight excluding hydrogens is 386 g/mol. The van der Waals surface area contributed by atoms with Gasteiger partial charge in [0.15, 0.2) is 5.82 Å². The van der Waals surface area contributed by atoms with Crippen molar-refractivity contribution in [3.63, 3.8) is 0 Å². The van der Waals surface area contributed by atoms with Crippen molar-refractivity contribution in [2.45, 2.75) is 6.04 Å². The van der Waals surface area contributed by atoms with Crippen LogP contribution in [-0.4, -0.2) is 52.7 Å². The molecular formula is C25H25N5O. The second-order valence-electron chi connectivity index (χ2n) is 7.68. The molecule has 2 aromatic heterocycles. The summed E-state index contributed by atoms with van der Waals surface area (Å²) in [7, 11) is 0. The van der Waals surface area contributed by atoms with Gasteiger partial charge in [0.1, 0.15) is 5.82 Å². The van der Waals surface area contributed by atoms with E-state index in [1.165, 1.54) is 5.56 Å². The first-order valence-electron chi connectivity index (χ1n) is 10.7. The van der Waals surface area contributed by atoms with Crippen molar-refractivity contribution in [2.24, 2.45) is 0 Å². The van der Waals surface area contributed by atoms with E-state index in [1.54, 1.807) is 12.4 Å². The number of hydrogen-bond donors (Lipinski definition) is 1. The van der Waals surface area contributed by atoms with Crippen molar-refractivity contribution in [3.05, 3.63) is 84.7 Å². The first kappa shape index (κ1) is 19.6. The first-order chi connectivity index (χ1) is 15.4. The van der Waals surface area contributed by atoms with E-state index in [1.807, 2.05) is 30.3 Å². The van der Waals surface area contributed by atoms with Gasteiger partial charge >= 0.3 is 0 Å². The fourth-order valence-electron chi connectivity index (χ4n) is 3.94. The lowest BCUT2D eigenvalue weighted by Crippen LogP contribution is -2.40. The van der Waals surface area contributed by atoms with Gasteiger partial charge in [0, 0.05) is 43.0 Å². The highest BCUT2D eigenvalue weighted by Crippen LogP contribution is 2.28. The second-order valence-corrected chi connectivity index (χ2v) is 7.68. The number of benzene rings is 2. The highest BCUT2D eigenvalue weighted by atomic mass is 16.5. The minimum atomic E-state index is 0.0966. The number of nitrogens with zero attached hydrogens (tertiary/aromatic N) is 4. The van der Waals surface area contributed by atoms with E-state index in [2.05, 4.69) is 51.6 Å². The predicted molar refractivity (Wildman–Crippen MR) is 123 cm³/mol. The first-order valence-corrected chi connectivity index (χ1v) is 10.7. The van der Waals surface area contributed by atoms with Gasteiger partial charge in [-0.3, -0.25) is 9.88 Å². The van der Waals surface area contributed by atoms with E-state index in [9.17, 15) is 0 Å². The van der Waals surface area contributed by atoms with Crippen LogP contribution in [0.25, 0.3) is 22.3 Å². The highest BCUT2D eigenvalue weighted by molar-refractivity contribution is 5.90. The molecule has 2 aromatic carbocycles. The number of anilines is 1. The van der Waals surface area contributed by atoms with Crippen molar-refractivity contribution in [2.75, 3.05) is 38.2 Å². The molecule has 31 heavy (non-hydrogen) atoms. The number of aromatic nitrogens is 3. The lowest BCUT2D eigenvalue weighted by molar-refractivity contribution is 0.0361. The fourth-order valence-corrected chi connectivity index (χ4v) is 3.94. The summed E-state index contributed by atoms with van der Waals surface area (Å²) in [6.45, 7) is 4.33. The van der Waals surface area contributed by atoms with Crippen LogP contribution in [0.1, 0.15) is 11.6 Å². The summed E-state index contributed by atoms with van der Waals surface area (Å²) in [5.74, 6) is 1.51. The van der Waals surface area contributed by atoms with Crippen LogP contribution >= 0.6 is 0 Å². The molecule has 0 unspecified atom stereocenters. The molecule has 1 N–H and O–H groups in total. The van der Waals surface area contributed by atoms with Crippen molar-refractivity contribution in [1.29, 1.82) is 0 Å². The third kappa shape index (κ3) is 4.55. The Kier molecular flexibility index (Phi) is 5.82. The third-order valence-electron chi connectivity index (χ3n) is 5.58. The average molecular weight is 412 g/mol. The Labute approximate surface area is 181 Å². The summed E-state index contributed by atoms with van der Waals surface area (Å²) in [6, 6.07) is 22.7. The topological polar surface area (TPSA) is 63.2 Å². The van der Waals surface area contributed by atoms with Gasteiger partial charge in [-0.25, -0.2) is 9.97 Å². The predicted octanol–water partition coefficient (Wildman–Crippen LogP) is 4.18. The number of para-hydroxylation sites is 1. The van der Waals surface area contributed by atoms with Gasteiger partial charge in [0.05, 0.1) is 24.8 Å². The quantitative estimate of drug-likeness (QED) is 0.514. The molecule has 156 valence electrons. The summed E-state index contributed by atoms with van der Waals surface area (Å²) in [5.41, 5.74) is 3.05.